The van der Waals surface area contributed by atoms with Crippen molar-refractivity contribution in [2.24, 2.45) is 0 Å². The molecule has 0 heterocycles. The van der Waals surface area contributed by atoms with E-state index in [-0.39, 0.29) is 7.43 Å². The lowest BCUT2D eigenvalue weighted by molar-refractivity contribution is 1.45. The molecule has 0 saturated carbocycles. The summed E-state index contributed by atoms with van der Waals surface area (Å²) in [6.45, 7) is 5.71. The van der Waals surface area contributed by atoms with E-state index in [9.17, 15) is 0 Å². The van der Waals surface area contributed by atoms with Gasteiger partial charge in [0.05, 0.1) is 0 Å². The Morgan fingerprint density at radius 1 is 1.15 bits per heavy atom. The summed E-state index contributed by atoms with van der Waals surface area (Å²) in [6.07, 6.45) is 14.2. The normalized spacial score (nSPS) is 8.46. The maximum absolute atomic E-state index is 4.72. The molecule has 0 aromatic rings. The molecule has 0 unspecified atom stereocenters. The van der Waals surface area contributed by atoms with Crippen molar-refractivity contribution in [1.82, 2.24) is 0 Å². The van der Waals surface area contributed by atoms with E-state index in [1.165, 1.54) is 0 Å². The lowest BCUT2D eigenvalue weighted by atomic mass is 10.5. The minimum absolute atomic E-state index is 0. The van der Waals surface area contributed by atoms with Crippen LogP contribution in [0.5, 0.6) is 0 Å². The zero-order chi connectivity index (χ0) is 9.66. The van der Waals surface area contributed by atoms with Gasteiger partial charge in [-0.2, -0.15) is 0 Å². The second-order valence-corrected chi connectivity index (χ2v) is 1.61. The monoisotopic (exact) mass is 176 g/mol. The smallest absolute Gasteiger partial charge is 0.00168 e. The highest BCUT2D eigenvalue weighted by atomic mass is 13.8. The van der Waals surface area contributed by atoms with E-state index >= 15 is 0 Å². The van der Waals surface area contributed by atoms with Crippen molar-refractivity contribution in [3.05, 3.63) is 24.3 Å². The van der Waals surface area contributed by atoms with Gasteiger partial charge in [-0.05, 0) is 25.2 Å². The molecule has 1 aliphatic carbocycles. The number of hydrogen-bond acceptors (Lipinski definition) is 0. The Morgan fingerprint density at radius 3 is 1.69 bits per heavy atom. The third-order valence-corrected chi connectivity index (χ3v) is 0.853. The van der Waals surface area contributed by atoms with Crippen LogP contribution in [0.2, 0.25) is 0 Å². The van der Waals surface area contributed by atoms with Crippen molar-refractivity contribution >= 4 is 0 Å². The molecule has 0 spiro atoms. The second-order valence-electron chi connectivity index (χ2n) is 1.61. The molecule has 0 N–H and O–H groups in total. The molecule has 1 rings (SSSR count). The summed E-state index contributed by atoms with van der Waals surface area (Å²) in [5, 5.41) is 0. The molecule has 0 saturated heterocycles. The summed E-state index contributed by atoms with van der Waals surface area (Å²) in [6, 6.07) is 0. The number of allylic oxidation sites excluding steroid dienone is 4. The third-order valence-electron chi connectivity index (χ3n) is 0.853. The highest BCUT2D eigenvalue weighted by molar-refractivity contribution is 5.20. The zero-order valence-electron chi connectivity index (χ0n) is 8.09. The molecule has 1 aliphatic rings. The van der Waals surface area contributed by atoms with Gasteiger partial charge in [0.15, 0.2) is 0 Å². The SMILES string of the molecule is C.C#CC#CC.C1=CCC=C1.CC. The molecule has 0 bridgehead atoms. The average molecular weight is 176 g/mol. The van der Waals surface area contributed by atoms with Crippen molar-refractivity contribution in [1.29, 1.82) is 0 Å². The summed E-state index contributed by atoms with van der Waals surface area (Å²) in [7, 11) is 0. The molecule has 0 aromatic heterocycles. The molecule has 13 heavy (non-hydrogen) atoms. The Balaban J connectivity index is -0.000000122. The summed E-state index contributed by atoms with van der Waals surface area (Å²) in [5.74, 6) is 7.08. The average Bonchev–Trinajstić information content (AvgIpc) is 2.67. The van der Waals surface area contributed by atoms with E-state index in [4.69, 9.17) is 6.42 Å². The lowest BCUT2D eigenvalue weighted by Crippen LogP contribution is -1.37. The van der Waals surface area contributed by atoms with Crippen molar-refractivity contribution < 1.29 is 0 Å². The second kappa shape index (κ2) is 22.4. The topological polar surface area (TPSA) is 0 Å². The Bertz CT molecular complexity index is 203. The first-order chi connectivity index (χ1) is 5.91. The molecule has 0 aromatic carbocycles. The van der Waals surface area contributed by atoms with Gasteiger partial charge in [-0.25, -0.2) is 0 Å². The van der Waals surface area contributed by atoms with Crippen molar-refractivity contribution in [3.63, 3.8) is 0 Å². The van der Waals surface area contributed by atoms with Gasteiger partial charge in [-0.1, -0.05) is 51.5 Å². The maximum atomic E-state index is 4.72. The van der Waals surface area contributed by atoms with Crippen LogP contribution in [-0.4, -0.2) is 0 Å². The van der Waals surface area contributed by atoms with Gasteiger partial charge in [-0.15, -0.1) is 6.42 Å². The first kappa shape index (κ1) is 17.6. The van der Waals surface area contributed by atoms with E-state index in [1.807, 2.05) is 13.8 Å². The Morgan fingerprint density at radius 2 is 1.62 bits per heavy atom. The van der Waals surface area contributed by atoms with Crippen LogP contribution >= 0.6 is 0 Å². The minimum Gasteiger partial charge on any atom is -0.106 e. The van der Waals surface area contributed by atoms with Crippen LogP contribution in [0.15, 0.2) is 24.3 Å². The number of hydrogen-bond donors (Lipinski definition) is 0. The molecule has 0 heteroatoms. The fraction of sp³-hybridized carbons (Fsp3) is 0.385. The molecule has 0 aliphatic heterocycles. The molecular formula is C13H20. The Hall–Kier alpha value is -1.40. The fourth-order valence-corrected chi connectivity index (χ4v) is 0.465. The molecular weight excluding hydrogens is 156 g/mol. The van der Waals surface area contributed by atoms with E-state index in [0.29, 0.717) is 0 Å². The quantitative estimate of drug-likeness (QED) is 0.492. The van der Waals surface area contributed by atoms with Gasteiger partial charge in [-0.3, -0.25) is 0 Å². The summed E-state index contributed by atoms with van der Waals surface area (Å²) >= 11 is 0. The predicted octanol–water partition coefficient (Wildman–Crippen LogP) is 3.81. The van der Waals surface area contributed by atoms with E-state index in [2.05, 4.69) is 42.1 Å². The van der Waals surface area contributed by atoms with E-state index in [1.54, 1.807) is 6.92 Å². The van der Waals surface area contributed by atoms with Crippen LogP contribution in [0.1, 0.15) is 34.6 Å². The first-order valence-electron chi connectivity index (χ1n) is 4.11. The first-order valence-corrected chi connectivity index (χ1v) is 4.11. The van der Waals surface area contributed by atoms with Gasteiger partial charge >= 0.3 is 0 Å². The molecule has 72 valence electrons. The van der Waals surface area contributed by atoms with Gasteiger partial charge < -0.3 is 0 Å². The summed E-state index contributed by atoms with van der Waals surface area (Å²) in [4.78, 5) is 0. The standard InChI is InChI=1S/C5H6.C5H4.C2H6.CH4/c1-2-4-5-3-1;1-3-5-4-2;1-2;/h1-4H,5H2;1H,2H3;1-2H3;1H4. The van der Waals surface area contributed by atoms with Crippen LogP contribution in [0.25, 0.3) is 0 Å². The van der Waals surface area contributed by atoms with Crippen molar-refractivity contribution in [2.75, 3.05) is 0 Å². The zero-order valence-corrected chi connectivity index (χ0v) is 8.09. The lowest BCUT2D eigenvalue weighted by Gasteiger charge is -1.57. The van der Waals surface area contributed by atoms with Gasteiger partial charge in [0.2, 0.25) is 0 Å². The van der Waals surface area contributed by atoms with Gasteiger partial charge in [0.25, 0.3) is 0 Å². The van der Waals surface area contributed by atoms with Crippen LogP contribution in [0.4, 0.5) is 0 Å². The highest BCUT2D eigenvalue weighted by Crippen LogP contribution is 1.93. The highest BCUT2D eigenvalue weighted by Gasteiger charge is 1.72. The minimum atomic E-state index is 0. The third kappa shape index (κ3) is 25.0. The maximum Gasteiger partial charge on any atom is -0.00168 e. The van der Waals surface area contributed by atoms with Crippen LogP contribution in [0, 0.1) is 24.2 Å². The Labute approximate surface area is 83.7 Å². The molecule has 0 atom stereocenters. The van der Waals surface area contributed by atoms with Gasteiger partial charge in [0.1, 0.15) is 0 Å². The van der Waals surface area contributed by atoms with E-state index in [0.717, 1.165) is 6.42 Å². The fourth-order valence-electron chi connectivity index (χ4n) is 0.465. The summed E-state index contributed by atoms with van der Waals surface area (Å²) < 4.78 is 0. The molecule has 0 nitrogen and oxygen atoms in total. The van der Waals surface area contributed by atoms with Crippen LogP contribution in [0.3, 0.4) is 0 Å². The number of rotatable bonds is 0. The molecule has 0 fully saturated rings. The van der Waals surface area contributed by atoms with E-state index < -0.39 is 0 Å². The predicted molar refractivity (Wildman–Crippen MR) is 63.3 cm³/mol. The molecule has 0 radical (unpaired) electrons. The van der Waals surface area contributed by atoms with Crippen molar-refractivity contribution in [3.8, 4) is 24.2 Å². The number of terminal acetylenes is 1. The molecule has 0 amide bonds. The van der Waals surface area contributed by atoms with Crippen molar-refractivity contribution in [2.45, 2.75) is 34.6 Å². The Kier molecular flexibility index (Phi) is 30.4. The van der Waals surface area contributed by atoms with Gasteiger partial charge in [0, 0.05) is 0 Å². The van der Waals surface area contributed by atoms with Crippen LogP contribution < -0.4 is 0 Å². The van der Waals surface area contributed by atoms with Crippen LogP contribution in [-0.2, 0) is 0 Å². The largest absolute Gasteiger partial charge is 0.106 e. The summed E-state index contributed by atoms with van der Waals surface area (Å²) in [5.41, 5.74) is 0.